The van der Waals surface area contributed by atoms with E-state index in [1.54, 1.807) is 0 Å². The zero-order valence-corrected chi connectivity index (χ0v) is 15.8. The van der Waals surface area contributed by atoms with Crippen molar-refractivity contribution in [3.8, 4) is 5.75 Å². The van der Waals surface area contributed by atoms with E-state index in [1.807, 2.05) is 0 Å². The van der Waals surface area contributed by atoms with Crippen molar-refractivity contribution in [2.24, 2.45) is 0 Å². The van der Waals surface area contributed by atoms with Gasteiger partial charge >= 0.3 is 0 Å². The molecule has 0 aliphatic heterocycles. The summed E-state index contributed by atoms with van der Waals surface area (Å²) in [5, 5.41) is 3.68. The quantitative estimate of drug-likeness (QED) is 0.460. The third-order valence-corrected chi connectivity index (χ3v) is 4.63. The first-order valence-electron chi connectivity index (χ1n) is 9.84. The standard InChI is InChI=1S/C23H33NO/c1-3-5-6-7-13-18-25-23-17-12-11-16-21(23)19-24-22(4-2)20-14-9-8-10-15-20/h8-12,14-17,22,24H,3-7,13,18-19H2,1-2H3. The number of benzene rings is 2. The van der Waals surface area contributed by atoms with E-state index in [0.717, 1.165) is 31.7 Å². The van der Waals surface area contributed by atoms with E-state index in [2.05, 4.69) is 73.8 Å². The Labute approximate surface area is 153 Å². The van der Waals surface area contributed by atoms with Gasteiger partial charge in [-0.25, -0.2) is 0 Å². The number of hydrogen-bond donors (Lipinski definition) is 1. The fraction of sp³-hybridized carbons (Fsp3) is 0.478. The molecule has 2 aromatic rings. The number of ether oxygens (including phenoxy) is 1. The molecular formula is C23H33NO. The molecule has 0 heterocycles. The van der Waals surface area contributed by atoms with Crippen LogP contribution in [0.2, 0.25) is 0 Å². The van der Waals surface area contributed by atoms with Crippen molar-refractivity contribution in [3.05, 3.63) is 65.7 Å². The Bertz CT molecular complexity index is 582. The fourth-order valence-electron chi connectivity index (χ4n) is 3.09. The Kier molecular flexibility index (Phi) is 9.14. The van der Waals surface area contributed by atoms with Gasteiger partial charge in [-0.05, 0) is 24.5 Å². The Balaban J connectivity index is 1.85. The summed E-state index contributed by atoms with van der Waals surface area (Å²) in [5.74, 6) is 1.02. The molecule has 0 aromatic heterocycles. The van der Waals surface area contributed by atoms with Crippen LogP contribution in [0.5, 0.6) is 5.75 Å². The van der Waals surface area contributed by atoms with Crippen LogP contribution >= 0.6 is 0 Å². The second kappa shape index (κ2) is 11.7. The van der Waals surface area contributed by atoms with Crippen molar-refractivity contribution >= 4 is 0 Å². The van der Waals surface area contributed by atoms with Crippen molar-refractivity contribution in [1.29, 1.82) is 0 Å². The monoisotopic (exact) mass is 339 g/mol. The van der Waals surface area contributed by atoms with Gasteiger partial charge in [0.05, 0.1) is 6.61 Å². The normalized spacial score (nSPS) is 12.1. The lowest BCUT2D eigenvalue weighted by Gasteiger charge is -2.19. The van der Waals surface area contributed by atoms with Crippen LogP contribution in [0.15, 0.2) is 54.6 Å². The van der Waals surface area contributed by atoms with E-state index in [4.69, 9.17) is 4.74 Å². The van der Waals surface area contributed by atoms with Gasteiger partial charge in [-0.2, -0.15) is 0 Å². The van der Waals surface area contributed by atoms with E-state index >= 15 is 0 Å². The van der Waals surface area contributed by atoms with Gasteiger partial charge in [0.25, 0.3) is 0 Å². The molecule has 0 radical (unpaired) electrons. The van der Waals surface area contributed by atoms with E-state index in [1.165, 1.54) is 36.8 Å². The Morgan fingerprint density at radius 3 is 2.32 bits per heavy atom. The average molecular weight is 340 g/mol. The van der Waals surface area contributed by atoms with E-state index in [0.29, 0.717) is 6.04 Å². The van der Waals surface area contributed by atoms with Gasteiger partial charge in [0, 0.05) is 18.2 Å². The molecule has 136 valence electrons. The minimum atomic E-state index is 0.378. The molecule has 0 saturated carbocycles. The zero-order valence-electron chi connectivity index (χ0n) is 15.8. The third-order valence-electron chi connectivity index (χ3n) is 4.63. The maximum Gasteiger partial charge on any atom is 0.123 e. The summed E-state index contributed by atoms with van der Waals surface area (Å²) < 4.78 is 6.05. The molecule has 1 unspecified atom stereocenters. The van der Waals surface area contributed by atoms with Crippen molar-refractivity contribution in [3.63, 3.8) is 0 Å². The molecule has 0 bridgehead atoms. The number of unbranched alkanes of at least 4 members (excludes halogenated alkanes) is 4. The lowest BCUT2D eigenvalue weighted by molar-refractivity contribution is 0.300. The number of para-hydroxylation sites is 1. The molecule has 0 fully saturated rings. The second-order valence-electron chi connectivity index (χ2n) is 6.62. The molecule has 0 aliphatic carbocycles. The molecule has 2 heteroatoms. The maximum atomic E-state index is 6.05. The fourth-order valence-corrected chi connectivity index (χ4v) is 3.09. The zero-order chi connectivity index (χ0) is 17.7. The Morgan fingerprint density at radius 2 is 1.56 bits per heavy atom. The third kappa shape index (κ3) is 6.91. The summed E-state index contributed by atoms with van der Waals surface area (Å²) in [7, 11) is 0. The molecule has 0 aliphatic rings. The van der Waals surface area contributed by atoms with E-state index < -0.39 is 0 Å². The van der Waals surface area contributed by atoms with Gasteiger partial charge < -0.3 is 10.1 Å². The first kappa shape index (κ1) is 19.5. The molecule has 0 saturated heterocycles. The van der Waals surface area contributed by atoms with Gasteiger partial charge in [-0.1, -0.05) is 88.1 Å². The Morgan fingerprint density at radius 1 is 0.840 bits per heavy atom. The van der Waals surface area contributed by atoms with Crippen LogP contribution in [0, 0.1) is 0 Å². The van der Waals surface area contributed by atoms with Crippen molar-refractivity contribution in [2.75, 3.05) is 6.61 Å². The largest absolute Gasteiger partial charge is 0.493 e. The predicted octanol–water partition coefficient (Wildman–Crippen LogP) is 6.28. The molecular weight excluding hydrogens is 306 g/mol. The lowest BCUT2D eigenvalue weighted by atomic mass is 10.0. The topological polar surface area (TPSA) is 21.3 Å². The summed E-state index contributed by atoms with van der Waals surface area (Å²) in [4.78, 5) is 0. The minimum Gasteiger partial charge on any atom is -0.493 e. The van der Waals surface area contributed by atoms with Crippen LogP contribution in [0.4, 0.5) is 0 Å². The van der Waals surface area contributed by atoms with E-state index in [9.17, 15) is 0 Å². The number of nitrogens with one attached hydrogen (secondary N) is 1. The van der Waals surface area contributed by atoms with Crippen LogP contribution < -0.4 is 10.1 Å². The number of hydrogen-bond acceptors (Lipinski definition) is 2. The molecule has 1 N–H and O–H groups in total. The number of rotatable bonds is 12. The van der Waals surface area contributed by atoms with Gasteiger partial charge in [0.2, 0.25) is 0 Å². The molecule has 1 atom stereocenters. The smallest absolute Gasteiger partial charge is 0.123 e. The van der Waals surface area contributed by atoms with Gasteiger partial charge in [0.1, 0.15) is 5.75 Å². The summed E-state index contributed by atoms with van der Waals surface area (Å²) in [6.45, 7) is 6.12. The highest BCUT2D eigenvalue weighted by molar-refractivity contribution is 5.33. The highest BCUT2D eigenvalue weighted by Gasteiger charge is 2.10. The highest BCUT2D eigenvalue weighted by Crippen LogP contribution is 2.21. The molecule has 0 amide bonds. The minimum absolute atomic E-state index is 0.378. The van der Waals surface area contributed by atoms with Crippen molar-refractivity contribution < 1.29 is 4.74 Å². The summed E-state index contributed by atoms with van der Waals surface area (Å²) >= 11 is 0. The lowest BCUT2D eigenvalue weighted by Crippen LogP contribution is -2.20. The van der Waals surface area contributed by atoms with E-state index in [-0.39, 0.29) is 0 Å². The van der Waals surface area contributed by atoms with Crippen molar-refractivity contribution in [1.82, 2.24) is 5.32 Å². The molecule has 2 aromatic carbocycles. The highest BCUT2D eigenvalue weighted by atomic mass is 16.5. The van der Waals surface area contributed by atoms with Gasteiger partial charge in [0.15, 0.2) is 0 Å². The van der Waals surface area contributed by atoms with Crippen LogP contribution in [0.25, 0.3) is 0 Å². The molecule has 2 rings (SSSR count). The molecule has 25 heavy (non-hydrogen) atoms. The average Bonchev–Trinajstić information content (AvgIpc) is 2.67. The summed E-state index contributed by atoms with van der Waals surface area (Å²) in [6.07, 6.45) is 7.42. The van der Waals surface area contributed by atoms with Crippen LogP contribution in [-0.2, 0) is 6.54 Å². The van der Waals surface area contributed by atoms with Crippen LogP contribution in [0.1, 0.15) is 69.5 Å². The first-order chi connectivity index (χ1) is 12.3. The SMILES string of the molecule is CCCCCCCOc1ccccc1CNC(CC)c1ccccc1. The molecule has 2 nitrogen and oxygen atoms in total. The summed E-state index contributed by atoms with van der Waals surface area (Å²) in [5.41, 5.74) is 2.59. The van der Waals surface area contributed by atoms with Gasteiger partial charge in [-0.3, -0.25) is 0 Å². The van der Waals surface area contributed by atoms with Gasteiger partial charge in [-0.15, -0.1) is 0 Å². The van der Waals surface area contributed by atoms with Crippen LogP contribution in [-0.4, -0.2) is 6.61 Å². The Hall–Kier alpha value is -1.80. The maximum absolute atomic E-state index is 6.05. The van der Waals surface area contributed by atoms with Crippen LogP contribution in [0.3, 0.4) is 0 Å². The molecule has 0 spiro atoms. The van der Waals surface area contributed by atoms with Crippen molar-refractivity contribution in [2.45, 2.75) is 65.0 Å². The first-order valence-corrected chi connectivity index (χ1v) is 9.84. The predicted molar refractivity (Wildman–Crippen MR) is 107 cm³/mol. The summed E-state index contributed by atoms with van der Waals surface area (Å²) in [6, 6.07) is 19.5. The second-order valence-corrected chi connectivity index (χ2v) is 6.62.